The van der Waals surface area contributed by atoms with Gasteiger partial charge in [0.1, 0.15) is 0 Å². The van der Waals surface area contributed by atoms with Crippen LogP contribution in [0.15, 0.2) is 16.8 Å². The van der Waals surface area contributed by atoms with Crippen molar-refractivity contribution in [1.29, 1.82) is 0 Å². The molecule has 0 spiro atoms. The largest absolute Gasteiger partial charge is 0.313 e. The van der Waals surface area contributed by atoms with Gasteiger partial charge in [0, 0.05) is 25.7 Å². The molecule has 80 valence electrons. The monoisotopic (exact) mass is 212 g/mol. The van der Waals surface area contributed by atoms with E-state index in [1.165, 1.54) is 12.0 Å². The van der Waals surface area contributed by atoms with Crippen molar-refractivity contribution in [3.8, 4) is 0 Å². The van der Waals surface area contributed by atoms with Crippen LogP contribution in [-0.2, 0) is 6.54 Å². The van der Waals surface area contributed by atoms with E-state index in [2.05, 4.69) is 41.3 Å². The second-order valence-electron chi connectivity index (χ2n) is 3.57. The Morgan fingerprint density at radius 1 is 1.43 bits per heavy atom. The van der Waals surface area contributed by atoms with Gasteiger partial charge in [-0.15, -0.1) is 0 Å². The number of hydrogen-bond donors (Lipinski definition) is 2. The van der Waals surface area contributed by atoms with Crippen LogP contribution in [0.25, 0.3) is 0 Å². The summed E-state index contributed by atoms with van der Waals surface area (Å²) >= 11 is 1.76. The predicted octanol–water partition coefficient (Wildman–Crippen LogP) is 2.23. The minimum absolute atomic E-state index is 0.637. The first-order valence-corrected chi connectivity index (χ1v) is 6.22. The van der Waals surface area contributed by atoms with Crippen LogP contribution in [0.1, 0.15) is 25.8 Å². The maximum Gasteiger partial charge on any atom is 0.0214 e. The first-order chi connectivity index (χ1) is 6.83. The summed E-state index contributed by atoms with van der Waals surface area (Å²) in [5.41, 5.74) is 1.39. The van der Waals surface area contributed by atoms with E-state index >= 15 is 0 Å². The molecule has 0 aromatic carbocycles. The summed E-state index contributed by atoms with van der Waals surface area (Å²) < 4.78 is 0. The molecule has 0 aliphatic carbocycles. The molecule has 1 heterocycles. The fourth-order valence-corrected chi connectivity index (χ4v) is 1.85. The molecule has 0 aliphatic rings. The van der Waals surface area contributed by atoms with Crippen LogP contribution in [0.3, 0.4) is 0 Å². The Labute approximate surface area is 90.7 Å². The highest BCUT2D eigenvalue weighted by molar-refractivity contribution is 7.07. The van der Waals surface area contributed by atoms with Crippen LogP contribution in [-0.4, -0.2) is 19.1 Å². The molecular formula is C11H20N2S. The maximum absolute atomic E-state index is 3.45. The SMILES string of the molecule is CCC(C)NCCNCc1ccsc1. The molecular weight excluding hydrogens is 192 g/mol. The summed E-state index contributed by atoms with van der Waals surface area (Å²) in [5.74, 6) is 0. The van der Waals surface area contributed by atoms with E-state index < -0.39 is 0 Å². The molecule has 2 N–H and O–H groups in total. The molecule has 0 bridgehead atoms. The summed E-state index contributed by atoms with van der Waals surface area (Å²) in [6, 6.07) is 2.80. The van der Waals surface area contributed by atoms with Gasteiger partial charge >= 0.3 is 0 Å². The van der Waals surface area contributed by atoms with Crippen molar-refractivity contribution < 1.29 is 0 Å². The number of rotatable bonds is 7. The van der Waals surface area contributed by atoms with Crippen LogP contribution in [0.4, 0.5) is 0 Å². The van der Waals surface area contributed by atoms with Gasteiger partial charge in [-0.1, -0.05) is 6.92 Å². The Kier molecular flexibility index (Phi) is 5.83. The highest BCUT2D eigenvalue weighted by Crippen LogP contribution is 2.04. The van der Waals surface area contributed by atoms with Crippen molar-refractivity contribution in [3.05, 3.63) is 22.4 Å². The molecule has 0 aliphatic heterocycles. The Hall–Kier alpha value is -0.380. The van der Waals surface area contributed by atoms with Crippen molar-refractivity contribution in [2.45, 2.75) is 32.9 Å². The van der Waals surface area contributed by atoms with Crippen LogP contribution in [0.2, 0.25) is 0 Å². The molecule has 0 radical (unpaired) electrons. The molecule has 14 heavy (non-hydrogen) atoms. The summed E-state index contributed by atoms with van der Waals surface area (Å²) in [6.07, 6.45) is 1.20. The molecule has 1 aromatic heterocycles. The molecule has 1 aromatic rings. The van der Waals surface area contributed by atoms with Gasteiger partial charge < -0.3 is 10.6 Å². The lowest BCUT2D eigenvalue weighted by atomic mass is 10.2. The van der Waals surface area contributed by atoms with E-state index in [1.807, 2.05) is 0 Å². The zero-order valence-electron chi connectivity index (χ0n) is 9.05. The van der Waals surface area contributed by atoms with Crippen molar-refractivity contribution in [3.63, 3.8) is 0 Å². The minimum atomic E-state index is 0.637. The zero-order valence-corrected chi connectivity index (χ0v) is 9.86. The van der Waals surface area contributed by atoms with Crippen LogP contribution < -0.4 is 10.6 Å². The van der Waals surface area contributed by atoms with Gasteiger partial charge in [-0.25, -0.2) is 0 Å². The van der Waals surface area contributed by atoms with Crippen molar-refractivity contribution in [1.82, 2.24) is 10.6 Å². The maximum atomic E-state index is 3.45. The molecule has 0 fully saturated rings. The molecule has 0 saturated heterocycles. The first kappa shape index (κ1) is 11.7. The van der Waals surface area contributed by atoms with E-state index in [-0.39, 0.29) is 0 Å². The fraction of sp³-hybridized carbons (Fsp3) is 0.636. The Balaban J connectivity index is 1.95. The van der Waals surface area contributed by atoms with E-state index in [4.69, 9.17) is 0 Å². The van der Waals surface area contributed by atoms with Gasteiger partial charge in [-0.3, -0.25) is 0 Å². The molecule has 0 saturated carbocycles. The van der Waals surface area contributed by atoms with Crippen LogP contribution in [0.5, 0.6) is 0 Å². The summed E-state index contributed by atoms with van der Waals surface area (Å²) in [5, 5.41) is 11.2. The summed E-state index contributed by atoms with van der Waals surface area (Å²) in [7, 11) is 0. The van der Waals surface area contributed by atoms with Gasteiger partial charge in [0.15, 0.2) is 0 Å². The average Bonchev–Trinajstić information content (AvgIpc) is 2.69. The van der Waals surface area contributed by atoms with E-state index in [1.54, 1.807) is 11.3 Å². The summed E-state index contributed by atoms with van der Waals surface area (Å²) in [4.78, 5) is 0. The smallest absolute Gasteiger partial charge is 0.0214 e. The lowest BCUT2D eigenvalue weighted by molar-refractivity contribution is 0.517. The van der Waals surface area contributed by atoms with Gasteiger partial charge in [-0.2, -0.15) is 11.3 Å². The molecule has 1 unspecified atom stereocenters. The molecule has 1 rings (SSSR count). The van der Waals surface area contributed by atoms with Gasteiger partial charge in [0.2, 0.25) is 0 Å². The third kappa shape index (κ3) is 4.74. The van der Waals surface area contributed by atoms with Crippen LogP contribution >= 0.6 is 11.3 Å². The fourth-order valence-electron chi connectivity index (χ4n) is 1.18. The van der Waals surface area contributed by atoms with E-state index in [9.17, 15) is 0 Å². The third-order valence-corrected chi connectivity index (χ3v) is 3.05. The topological polar surface area (TPSA) is 24.1 Å². The number of nitrogens with one attached hydrogen (secondary N) is 2. The number of thiophene rings is 1. The van der Waals surface area contributed by atoms with Crippen molar-refractivity contribution in [2.75, 3.05) is 13.1 Å². The van der Waals surface area contributed by atoms with Gasteiger partial charge in [0.25, 0.3) is 0 Å². The second-order valence-corrected chi connectivity index (χ2v) is 4.35. The Morgan fingerprint density at radius 2 is 2.29 bits per heavy atom. The third-order valence-electron chi connectivity index (χ3n) is 2.32. The first-order valence-electron chi connectivity index (χ1n) is 5.28. The average molecular weight is 212 g/mol. The lowest BCUT2D eigenvalue weighted by Crippen LogP contribution is -2.32. The van der Waals surface area contributed by atoms with E-state index in [0.717, 1.165) is 19.6 Å². The van der Waals surface area contributed by atoms with E-state index in [0.29, 0.717) is 6.04 Å². The highest BCUT2D eigenvalue weighted by atomic mass is 32.1. The Bertz CT molecular complexity index is 221. The molecule has 1 atom stereocenters. The van der Waals surface area contributed by atoms with Crippen LogP contribution in [0, 0.1) is 0 Å². The second kappa shape index (κ2) is 6.98. The lowest BCUT2D eigenvalue weighted by Gasteiger charge is -2.11. The standard InChI is InChI=1S/C11H20N2S/c1-3-10(2)13-6-5-12-8-11-4-7-14-9-11/h4,7,9-10,12-13H,3,5-6,8H2,1-2H3. The molecule has 2 nitrogen and oxygen atoms in total. The van der Waals surface area contributed by atoms with Gasteiger partial charge in [0.05, 0.1) is 0 Å². The predicted molar refractivity (Wildman–Crippen MR) is 63.8 cm³/mol. The minimum Gasteiger partial charge on any atom is -0.313 e. The Morgan fingerprint density at radius 3 is 2.93 bits per heavy atom. The van der Waals surface area contributed by atoms with Crippen molar-refractivity contribution in [2.24, 2.45) is 0 Å². The van der Waals surface area contributed by atoms with Crippen molar-refractivity contribution >= 4 is 11.3 Å². The molecule has 0 amide bonds. The zero-order chi connectivity index (χ0) is 10.2. The quantitative estimate of drug-likeness (QED) is 0.677. The van der Waals surface area contributed by atoms with Gasteiger partial charge in [-0.05, 0) is 35.7 Å². The highest BCUT2D eigenvalue weighted by Gasteiger charge is 1.96. The normalized spacial score (nSPS) is 13.0. The number of hydrogen-bond acceptors (Lipinski definition) is 3. The molecule has 3 heteroatoms. The summed E-state index contributed by atoms with van der Waals surface area (Å²) in [6.45, 7) is 7.51.